The van der Waals surface area contributed by atoms with Crippen LogP contribution in [0, 0.1) is 0 Å². The van der Waals surface area contributed by atoms with Gasteiger partial charge in [-0.05, 0) is 32.4 Å². The van der Waals surface area contributed by atoms with Crippen molar-refractivity contribution in [1.29, 1.82) is 0 Å². The van der Waals surface area contributed by atoms with E-state index in [4.69, 9.17) is 9.68 Å². The molecule has 104 valence electrons. The van der Waals surface area contributed by atoms with Crippen molar-refractivity contribution in [2.75, 3.05) is 13.2 Å². The zero-order chi connectivity index (χ0) is 14.1. The molecule has 19 heavy (non-hydrogen) atoms. The van der Waals surface area contributed by atoms with Gasteiger partial charge in [-0.3, -0.25) is 0 Å². The van der Waals surface area contributed by atoms with Crippen LogP contribution in [-0.2, 0) is 9.68 Å². The van der Waals surface area contributed by atoms with E-state index in [0.717, 1.165) is 16.5 Å². The van der Waals surface area contributed by atoms with E-state index in [1.165, 1.54) is 0 Å². The van der Waals surface area contributed by atoms with Crippen molar-refractivity contribution in [1.82, 2.24) is 0 Å². The molecule has 0 aromatic heterocycles. The first kappa shape index (κ1) is 15.7. The second-order valence-corrected chi connectivity index (χ2v) is 4.79. The Bertz CT molecular complexity index is 441. The van der Waals surface area contributed by atoms with Crippen molar-refractivity contribution in [3.63, 3.8) is 0 Å². The van der Waals surface area contributed by atoms with Crippen LogP contribution in [0.25, 0.3) is 0 Å². The third kappa shape index (κ3) is 5.42. The molecule has 0 atom stereocenters. The molecule has 0 amide bonds. The van der Waals surface area contributed by atoms with Gasteiger partial charge in [-0.2, -0.15) is 0 Å². The lowest BCUT2D eigenvalue weighted by Gasteiger charge is -2.06. The normalized spacial score (nSPS) is 12.4. The molecule has 0 heterocycles. The maximum atomic E-state index is 5.19. The molecule has 1 rings (SSSR count). The highest BCUT2D eigenvalue weighted by atomic mass is 79.9. The van der Waals surface area contributed by atoms with E-state index in [-0.39, 0.29) is 0 Å². The molecule has 4 nitrogen and oxygen atoms in total. The first-order valence-electron chi connectivity index (χ1n) is 6.31. The zero-order valence-electron chi connectivity index (χ0n) is 11.5. The average molecular weight is 327 g/mol. The van der Waals surface area contributed by atoms with Gasteiger partial charge >= 0.3 is 0 Å². The molecule has 1 aromatic rings. The van der Waals surface area contributed by atoms with Crippen LogP contribution in [0.1, 0.15) is 32.8 Å². The van der Waals surface area contributed by atoms with Gasteiger partial charge < -0.3 is 9.68 Å². The minimum Gasteiger partial charge on any atom is -0.396 e. The largest absolute Gasteiger partial charge is 0.396 e. The lowest BCUT2D eigenvalue weighted by Crippen LogP contribution is -2.13. The third-order valence-corrected chi connectivity index (χ3v) is 2.77. The van der Waals surface area contributed by atoms with Crippen molar-refractivity contribution in [2.24, 2.45) is 10.3 Å². The molecule has 1 aromatic carbocycles. The second kappa shape index (κ2) is 8.69. The molecule has 0 aliphatic carbocycles. The van der Waals surface area contributed by atoms with Gasteiger partial charge in [0.2, 0.25) is 0 Å². The predicted octanol–water partition coefficient (Wildman–Crippen LogP) is 3.99. The fraction of sp³-hybridized carbons (Fsp3) is 0.429. The van der Waals surface area contributed by atoms with Crippen LogP contribution >= 0.6 is 15.9 Å². The van der Waals surface area contributed by atoms with E-state index in [9.17, 15) is 0 Å². The van der Waals surface area contributed by atoms with Crippen LogP contribution in [0.5, 0.6) is 0 Å². The van der Waals surface area contributed by atoms with Gasteiger partial charge in [0.1, 0.15) is 24.6 Å². The Labute approximate surface area is 122 Å². The standard InChI is InChI=1S/C14H19BrN2O2/c1-4-10-19-16-11(3)14(17-18-5-2)12-6-8-13(15)9-7-12/h6-9H,4-5,10H2,1-3H3/b16-11+,17-14-. The Balaban J connectivity index is 2.94. The molecule has 0 bridgehead atoms. The number of benzene rings is 1. The zero-order valence-corrected chi connectivity index (χ0v) is 13.1. The Morgan fingerprint density at radius 3 is 2.37 bits per heavy atom. The summed E-state index contributed by atoms with van der Waals surface area (Å²) in [6.45, 7) is 6.90. The van der Waals surface area contributed by atoms with E-state index < -0.39 is 0 Å². The molecule has 0 aliphatic rings. The highest BCUT2D eigenvalue weighted by Crippen LogP contribution is 2.12. The summed E-state index contributed by atoms with van der Waals surface area (Å²) < 4.78 is 1.02. The summed E-state index contributed by atoms with van der Waals surface area (Å²) in [6.07, 6.45) is 0.924. The molecule has 0 radical (unpaired) electrons. The second-order valence-electron chi connectivity index (χ2n) is 3.87. The quantitative estimate of drug-likeness (QED) is 0.432. The van der Waals surface area contributed by atoms with Crippen LogP contribution in [0.2, 0.25) is 0 Å². The monoisotopic (exact) mass is 326 g/mol. The molecular formula is C14H19BrN2O2. The van der Waals surface area contributed by atoms with Gasteiger partial charge in [-0.15, -0.1) is 0 Å². The minimum absolute atomic E-state index is 0.517. The smallest absolute Gasteiger partial charge is 0.134 e. The molecule has 0 N–H and O–H groups in total. The van der Waals surface area contributed by atoms with Crippen LogP contribution < -0.4 is 0 Å². The molecule has 0 fully saturated rings. The van der Waals surface area contributed by atoms with Crippen molar-refractivity contribution in [2.45, 2.75) is 27.2 Å². The maximum Gasteiger partial charge on any atom is 0.134 e. The number of rotatable bonds is 7. The SMILES string of the molecule is CCCO/N=C(C)/C(=N/OCC)c1ccc(Br)cc1. The van der Waals surface area contributed by atoms with Crippen LogP contribution in [0.4, 0.5) is 0 Å². The van der Waals surface area contributed by atoms with Gasteiger partial charge in [0.25, 0.3) is 0 Å². The summed E-state index contributed by atoms with van der Waals surface area (Å²) in [5.74, 6) is 0. The Morgan fingerprint density at radius 1 is 1.11 bits per heavy atom. The van der Waals surface area contributed by atoms with E-state index >= 15 is 0 Å². The van der Waals surface area contributed by atoms with Gasteiger partial charge in [-0.1, -0.05) is 45.3 Å². The number of hydrogen-bond acceptors (Lipinski definition) is 4. The van der Waals surface area contributed by atoms with Crippen LogP contribution in [0.3, 0.4) is 0 Å². The number of halogens is 1. The highest BCUT2D eigenvalue weighted by Gasteiger charge is 2.09. The van der Waals surface area contributed by atoms with E-state index in [0.29, 0.717) is 24.6 Å². The highest BCUT2D eigenvalue weighted by molar-refractivity contribution is 9.10. The number of nitrogens with zero attached hydrogens (tertiary/aromatic N) is 2. The Hall–Kier alpha value is -1.36. The fourth-order valence-corrected chi connectivity index (χ4v) is 1.61. The molecule has 0 saturated carbocycles. The topological polar surface area (TPSA) is 43.2 Å². The van der Waals surface area contributed by atoms with Crippen molar-refractivity contribution < 1.29 is 9.68 Å². The summed E-state index contributed by atoms with van der Waals surface area (Å²) in [7, 11) is 0. The lowest BCUT2D eigenvalue weighted by molar-refractivity contribution is 0.144. The van der Waals surface area contributed by atoms with Crippen molar-refractivity contribution in [3.8, 4) is 0 Å². The molecule has 0 aliphatic heterocycles. The van der Waals surface area contributed by atoms with Crippen molar-refractivity contribution >= 4 is 27.4 Å². The van der Waals surface area contributed by atoms with Gasteiger partial charge in [0.05, 0.1) is 0 Å². The number of hydrogen-bond donors (Lipinski definition) is 0. The summed E-state index contributed by atoms with van der Waals surface area (Å²) >= 11 is 3.41. The van der Waals surface area contributed by atoms with E-state index in [1.807, 2.05) is 45.0 Å². The average Bonchev–Trinajstić information content (AvgIpc) is 2.41. The van der Waals surface area contributed by atoms with Gasteiger partial charge in [0, 0.05) is 10.0 Å². The Kier molecular flexibility index (Phi) is 7.18. The lowest BCUT2D eigenvalue weighted by atomic mass is 10.1. The summed E-state index contributed by atoms with van der Waals surface area (Å²) in [4.78, 5) is 10.3. The van der Waals surface area contributed by atoms with Crippen LogP contribution in [0.15, 0.2) is 39.0 Å². The van der Waals surface area contributed by atoms with Crippen LogP contribution in [-0.4, -0.2) is 24.6 Å². The first-order chi connectivity index (χ1) is 9.19. The molecular weight excluding hydrogens is 308 g/mol. The van der Waals surface area contributed by atoms with E-state index in [1.54, 1.807) is 0 Å². The first-order valence-corrected chi connectivity index (χ1v) is 7.11. The summed E-state index contributed by atoms with van der Waals surface area (Å²) in [5, 5.41) is 8.17. The molecule has 0 unspecified atom stereocenters. The summed E-state index contributed by atoms with van der Waals surface area (Å²) in [5.41, 5.74) is 2.33. The van der Waals surface area contributed by atoms with E-state index in [2.05, 4.69) is 26.2 Å². The van der Waals surface area contributed by atoms with Gasteiger partial charge in [-0.25, -0.2) is 0 Å². The molecule has 0 saturated heterocycles. The minimum atomic E-state index is 0.517. The Morgan fingerprint density at radius 2 is 1.79 bits per heavy atom. The predicted molar refractivity (Wildman–Crippen MR) is 81.7 cm³/mol. The van der Waals surface area contributed by atoms with Gasteiger partial charge in [0.15, 0.2) is 0 Å². The molecule has 5 heteroatoms. The number of oxime groups is 2. The maximum absolute atomic E-state index is 5.19. The summed E-state index contributed by atoms with van der Waals surface area (Å²) in [6, 6.07) is 7.83. The van der Waals surface area contributed by atoms with Crippen molar-refractivity contribution in [3.05, 3.63) is 34.3 Å². The third-order valence-electron chi connectivity index (χ3n) is 2.24. The molecule has 0 spiro atoms. The fourth-order valence-electron chi connectivity index (χ4n) is 1.34.